The van der Waals surface area contributed by atoms with Crippen LogP contribution in [0.1, 0.15) is 114 Å². The molecule has 1 N–H and O–H groups in total. The number of imidazole rings is 1. The van der Waals surface area contributed by atoms with Crippen molar-refractivity contribution in [2.24, 2.45) is 0 Å². The van der Waals surface area contributed by atoms with Crippen LogP contribution in [0.25, 0.3) is 0 Å². The van der Waals surface area contributed by atoms with Gasteiger partial charge in [-0.1, -0.05) is 114 Å². The molecule has 2 aromatic rings. The number of aromatic amines is 1. The second kappa shape index (κ2) is 17.8. The lowest BCUT2D eigenvalue weighted by Crippen LogP contribution is -3.00. The van der Waals surface area contributed by atoms with Crippen LogP contribution in [0.15, 0.2) is 36.5 Å². The first-order valence-corrected chi connectivity index (χ1v) is 12.4. The molecule has 2 rings (SSSR count). The molecule has 1 aromatic carbocycles. The van der Waals surface area contributed by atoms with Crippen LogP contribution in [0.5, 0.6) is 0 Å². The molecule has 0 aliphatic carbocycles. The number of rotatable bonds is 17. The van der Waals surface area contributed by atoms with Crippen molar-refractivity contribution in [3.05, 3.63) is 53.6 Å². The molecule has 0 saturated carbocycles. The first-order chi connectivity index (χ1) is 14.3. The molecular weight excluding hydrogens is 479 g/mol. The summed E-state index contributed by atoms with van der Waals surface area (Å²) in [5.41, 5.74) is 2.80. The SMILES string of the molecule is CCCCCCCCCCCCCCCC[n+]1c(Cc2ccccc2)c[nH]c1C.[I-]. The fourth-order valence-electron chi connectivity index (χ4n) is 4.29. The zero-order valence-electron chi connectivity index (χ0n) is 19.6. The lowest BCUT2D eigenvalue weighted by molar-refractivity contribution is -0.708. The summed E-state index contributed by atoms with van der Waals surface area (Å²) in [6.45, 7) is 5.64. The van der Waals surface area contributed by atoms with Crippen LogP contribution in [0, 0.1) is 6.92 Å². The Bertz CT molecular complexity index is 636. The van der Waals surface area contributed by atoms with Gasteiger partial charge in [-0.3, -0.25) is 0 Å². The number of hydrogen-bond donors (Lipinski definition) is 1. The van der Waals surface area contributed by atoms with Crippen molar-refractivity contribution < 1.29 is 28.5 Å². The number of halogens is 1. The Hall–Kier alpha value is -0.840. The lowest BCUT2D eigenvalue weighted by Gasteiger charge is -2.05. The molecule has 1 heterocycles. The van der Waals surface area contributed by atoms with Crippen molar-refractivity contribution in [3.63, 3.8) is 0 Å². The highest BCUT2D eigenvalue weighted by Crippen LogP contribution is 2.13. The Kier molecular flexibility index (Phi) is 16.1. The maximum absolute atomic E-state index is 3.42. The Morgan fingerprint density at radius 3 is 1.73 bits per heavy atom. The predicted octanol–water partition coefficient (Wildman–Crippen LogP) is 4.69. The fourth-order valence-corrected chi connectivity index (χ4v) is 4.29. The molecular formula is C27H45IN2. The van der Waals surface area contributed by atoms with Gasteiger partial charge in [-0.15, -0.1) is 0 Å². The predicted molar refractivity (Wildman–Crippen MR) is 125 cm³/mol. The summed E-state index contributed by atoms with van der Waals surface area (Å²) in [4.78, 5) is 3.42. The molecule has 0 atom stereocenters. The molecule has 2 nitrogen and oxygen atoms in total. The summed E-state index contributed by atoms with van der Waals surface area (Å²) in [5.74, 6) is 1.28. The van der Waals surface area contributed by atoms with E-state index in [9.17, 15) is 0 Å². The molecule has 0 bridgehead atoms. The maximum atomic E-state index is 3.42. The molecule has 0 aliphatic heterocycles. The number of nitrogens with one attached hydrogen (secondary N) is 1. The van der Waals surface area contributed by atoms with E-state index in [4.69, 9.17) is 0 Å². The molecule has 0 saturated heterocycles. The average molecular weight is 525 g/mol. The number of hydrogen-bond acceptors (Lipinski definition) is 0. The molecule has 30 heavy (non-hydrogen) atoms. The summed E-state index contributed by atoms with van der Waals surface area (Å²) in [7, 11) is 0. The van der Waals surface area contributed by atoms with Crippen LogP contribution in [0.4, 0.5) is 0 Å². The second-order valence-corrected chi connectivity index (χ2v) is 8.78. The van der Waals surface area contributed by atoms with Gasteiger partial charge in [-0.05, 0) is 18.4 Å². The van der Waals surface area contributed by atoms with Crippen molar-refractivity contribution in [2.45, 2.75) is 117 Å². The largest absolute Gasteiger partial charge is 1.00 e. The van der Waals surface area contributed by atoms with E-state index < -0.39 is 0 Å². The number of aryl methyl sites for hydroxylation is 1. The van der Waals surface area contributed by atoms with E-state index in [1.807, 2.05) is 0 Å². The summed E-state index contributed by atoms with van der Waals surface area (Å²) in [5, 5.41) is 0. The number of H-pyrrole nitrogens is 1. The smallest absolute Gasteiger partial charge is 0.251 e. The van der Waals surface area contributed by atoms with Gasteiger partial charge >= 0.3 is 0 Å². The van der Waals surface area contributed by atoms with E-state index in [1.165, 1.54) is 107 Å². The molecule has 0 unspecified atom stereocenters. The highest BCUT2D eigenvalue weighted by Gasteiger charge is 2.14. The van der Waals surface area contributed by atoms with Crippen LogP contribution in [0.2, 0.25) is 0 Å². The molecule has 3 heteroatoms. The fraction of sp³-hybridized carbons (Fsp3) is 0.667. The number of nitrogens with zero attached hydrogens (tertiary/aromatic N) is 1. The van der Waals surface area contributed by atoms with Crippen LogP contribution in [-0.4, -0.2) is 4.98 Å². The van der Waals surface area contributed by atoms with Gasteiger partial charge in [0, 0.05) is 13.3 Å². The lowest BCUT2D eigenvalue weighted by atomic mass is 10.0. The Morgan fingerprint density at radius 2 is 1.20 bits per heavy atom. The van der Waals surface area contributed by atoms with E-state index in [1.54, 1.807) is 0 Å². The van der Waals surface area contributed by atoms with Gasteiger partial charge in [0.25, 0.3) is 5.82 Å². The van der Waals surface area contributed by atoms with Crippen LogP contribution in [0.3, 0.4) is 0 Å². The van der Waals surface area contributed by atoms with E-state index in [0.717, 1.165) is 13.0 Å². The van der Waals surface area contributed by atoms with Crippen LogP contribution in [-0.2, 0) is 13.0 Å². The Morgan fingerprint density at radius 1 is 0.700 bits per heavy atom. The van der Waals surface area contributed by atoms with Gasteiger partial charge in [0.05, 0.1) is 6.54 Å². The maximum Gasteiger partial charge on any atom is 0.251 e. The van der Waals surface area contributed by atoms with Crippen molar-refractivity contribution in [2.75, 3.05) is 0 Å². The molecule has 0 fully saturated rings. The van der Waals surface area contributed by atoms with E-state index in [2.05, 4.69) is 59.9 Å². The minimum absolute atomic E-state index is 0. The van der Waals surface area contributed by atoms with Gasteiger partial charge < -0.3 is 24.0 Å². The number of aromatic nitrogens is 2. The third-order valence-electron chi connectivity index (χ3n) is 6.16. The normalized spacial score (nSPS) is 10.9. The summed E-state index contributed by atoms with van der Waals surface area (Å²) >= 11 is 0. The van der Waals surface area contributed by atoms with Crippen LogP contribution < -0.4 is 28.5 Å². The van der Waals surface area contributed by atoms with Crippen molar-refractivity contribution >= 4 is 0 Å². The average Bonchev–Trinajstić information content (AvgIpc) is 3.08. The van der Waals surface area contributed by atoms with Gasteiger partial charge in [0.1, 0.15) is 11.9 Å². The second-order valence-electron chi connectivity index (χ2n) is 8.78. The summed E-state index contributed by atoms with van der Waals surface area (Å²) in [6, 6.07) is 10.8. The molecule has 0 aliphatic rings. The number of unbranched alkanes of at least 4 members (excludes halogenated alkanes) is 13. The summed E-state index contributed by atoms with van der Waals surface area (Å²) < 4.78 is 2.48. The quantitative estimate of drug-likeness (QED) is 0.176. The third kappa shape index (κ3) is 11.5. The monoisotopic (exact) mass is 524 g/mol. The Balaban J connectivity index is 0.00000450. The van der Waals surface area contributed by atoms with E-state index in [-0.39, 0.29) is 24.0 Å². The van der Waals surface area contributed by atoms with E-state index in [0.29, 0.717) is 0 Å². The van der Waals surface area contributed by atoms with Gasteiger partial charge in [0.15, 0.2) is 0 Å². The first-order valence-electron chi connectivity index (χ1n) is 12.4. The molecule has 170 valence electrons. The van der Waals surface area contributed by atoms with Crippen molar-refractivity contribution in [1.82, 2.24) is 4.98 Å². The molecule has 0 spiro atoms. The van der Waals surface area contributed by atoms with Crippen molar-refractivity contribution in [3.8, 4) is 0 Å². The Labute approximate surface area is 203 Å². The van der Waals surface area contributed by atoms with Crippen molar-refractivity contribution in [1.29, 1.82) is 0 Å². The van der Waals surface area contributed by atoms with Crippen LogP contribution >= 0.6 is 0 Å². The molecule has 1 aromatic heterocycles. The highest BCUT2D eigenvalue weighted by atomic mass is 127. The number of benzene rings is 1. The highest BCUT2D eigenvalue weighted by molar-refractivity contribution is 5.19. The topological polar surface area (TPSA) is 19.7 Å². The summed E-state index contributed by atoms with van der Waals surface area (Å²) in [6.07, 6.45) is 23.1. The molecule has 0 radical (unpaired) electrons. The van der Waals surface area contributed by atoms with Gasteiger partial charge in [-0.2, -0.15) is 0 Å². The standard InChI is InChI=1S/C27H44N2.HI/c1-3-4-5-6-7-8-9-10-11-12-13-14-15-19-22-29-25(2)28-24-27(29)23-26-20-17-16-18-21-26;/h16-18,20-21,24H,3-15,19,22-23H2,1-2H3;1H. The third-order valence-corrected chi connectivity index (χ3v) is 6.16. The zero-order chi connectivity index (χ0) is 20.6. The zero-order valence-corrected chi connectivity index (χ0v) is 21.8. The van der Waals surface area contributed by atoms with Gasteiger partial charge in [0.2, 0.25) is 0 Å². The minimum Gasteiger partial charge on any atom is -1.00 e. The molecule has 0 amide bonds. The minimum atomic E-state index is 0. The first kappa shape index (κ1) is 27.2. The van der Waals surface area contributed by atoms with Gasteiger partial charge in [-0.25, -0.2) is 9.55 Å². The van der Waals surface area contributed by atoms with E-state index >= 15 is 0 Å².